The molecule has 2 aromatic carbocycles. The number of fused-ring (bicyclic) bond motifs is 1. The first-order valence-electron chi connectivity index (χ1n) is 10.5. The number of hydrogen-bond acceptors (Lipinski definition) is 6. The van der Waals surface area contributed by atoms with Crippen molar-refractivity contribution >= 4 is 29.2 Å². The summed E-state index contributed by atoms with van der Waals surface area (Å²) in [6.45, 7) is 1.87. The number of aryl methyl sites for hydroxylation is 2. The standard InChI is InChI=1S/C24H25ClN4O5/c1-12-18-19(13-6-8-15(25)9-7-13)20(24(31)27-22(18)29(2)28-12)26-23(30)14-10-16(32-3)21(34-5)17(11-14)33-4/h6-11,19-20H,1-5H3,(H,26,30)(H,27,31)/t19-,20+/m1/s1. The molecule has 0 radical (unpaired) electrons. The number of hydrogen-bond donors (Lipinski definition) is 2. The Morgan fingerprint density at radius 2 is 1.71 bits per heavy atom. The number of carbonyl (C=O) groups excluding carboxylic acids is 2. The molecule has 4 rings (SSSR count). The van der Waals surface area contributed by atoms with Crippen molar-refractivity contribution in [2.24, 2.45) is 7.05 Å². The maximum Gasteiger partial charge on any atom is 0.252 e. The third-order valence-electron chi connectivity index (χ3n) is 5.88. The number of aromatic nitrogens is 2. The molecule has 1 aliphatic heterocycles. The molecule has 2 N–H and O–H groups in total. The highest BCUT2D eigenvalue weighted by atomic mass is 35.5. The van der Waals surface area contributed by atoms with Gasteiger partial charge in [0.1, 0.15) is 11.9 Å². The van der Waals surface area contributed by atoms with Crippen molar-refractivity contribution in [2.75, 3.05) is 26.6 Å². The Balaban J connectivity index is 1.77. The molecule has 3 aromatic rings. The van der Waals surface area contributed by atoms with Crippen molar-refractivity contribution in [2.45, 2.75) is 18.9 Å². The van der Waals surface area contributed by atoms with Crippen LogP contribution < -0.4 is 24.8 Å². The van der Waals surface area contributed by atoms with Crippen LogP contribution >= 0.6 is 11.6 Å². The van der Waals surface area contributed by atoms with Crippen LogP contribution in [0.25, 0.3) is 0 Å². The number of anilines is 1. The van der Waals surface area contributed by atoms with Crippen LogP contribution in [0, 0.1) is 6.92 Å². The molecule has 0 saturated carbocycles. The molecule has 34 heavy (non-hydrogen) atoms. The first kappa shape index (κ1) is 23.4. The van der Waals surface area contributed by atoms with Crippen LogP contribution in [0.3, 0.4) is 0 Å². The zero-order valence-corrected chi connectivity index (χ0v) is 20.2. The molecule has 2 heterocycles. The van der Waals surface area contributed by atoms with Gasteiger partial charge in [-0.2, -0.15) is 5.10 Å². The third kappa shape index (κ3) is 4.03. The van der Waals surface area contributed by atoms with E-state index in [2.05, 4.69) is 15.7 Å². The number of ether oxygens (including phenoxy) is 3. The van der Waals surface area contributed by atoms with Crippen molar-refractivity contribution in [3.63, 3.8) is 0 Å². The van der Waals surface area contributed by atoms with Gasteiger partial charge in [0.15, 0.2) is 11.5 Å². The Morgan fingerprint density at radius 3 is 2.26 bits per heavy atom. The number of nitrogens with one attached hydrogen (secondary N) is 2. The molecular weight excluding hydrogens is 460 g/mol. The van der Waals surface area contributed by atoms with Gasteiger partial charge in [-0.1, -0.05) is 23.7 Å². The van der Waals surface area contributed by atoms with Crippen molar-refractivity contribution in [3.05, 3.63) is 63.8 Å². The Hall–Kier alpha value is -3.72. The summed E-state index contributed by atoms with van der Waals surface area (Å²) in [5.41, 5.74) is 2.67. The van der Waals surface area contributed by atoms with Gasteiger partial charge in [-0.25, -0.2) is 0 Å². The number of amides is 2. The minimum Gasteiger partial charge on any atom is -0.493 e. The fourth-order valence-electron chi connectivity index (χ4n) is 4.32. The molecule has 0 unspecified atom stereocenters. The number of carbonyl (C=O) groups is 2. The molecule has 2 amide bonds. The first-order valence-corrected chi connectivity index (χ1v) is 10.9. The van der Waals surface area contributed by atoms with E-state index < -0.39 is 17.9 Å². The lowest BCUT2D eigenvalue weighted by Crippen LogP contribution is -2.50. The lowest BCUT2D eigenvalue weighted by Gasteiger charge is -2.32. The zero-order chi connectivity index (χ0) is 24.6. The van der Waals surface area contributed by atoms with Crippen LogP contribution in [-0.2, 0) is 11.8 Å². The molecule has 0 aliphatic carbocycles. The molecule has 1 aromatic heterocycles. The molecule has 9 nitrogen and oxygen atoms in total. The van der Waals surface area contributed by atoms with Crippen molar-refractivity contribution in [1.29, 1.82) is 0 Å². The van der Waals surface area contributed by atoms with E-state index in [1.807, 2.05) is 19.1 Å². The number of methoxy groups -OCH3 is 3. The minimum atomic E-state index is -0.900. The van der Waals surface area contributed by atoms with Crippen LogP contribution in [0.15, 0.2) is 36.4 Å². The van der Waals surface area contributed by atoms with Gasteiger partial charge in [0, 0.05) is 29.1 Å². The van der Waals surface area contributed by atoms with Crippen LogP contribution in [0.1, 0.15) is 33.1 Å². The lowest BCUT2D eigenvalue weighted by molar-refractivity contribution is -0.118. The van der Waals surface area contributed by atoms with E-state index in [0.29, 0.717) is 28.1 Å². The van der Waals surface area contributed by atoms with E-state index in [-0.39, 0.29) is 11.5 Å². The summed E-state index contributed by atoms with van der Waals surface area (Å²) in [5, 5.41) is 10.8. The first-order chi connectivity index (χ1) is 16.3. The molecular formula is C24H25ClN4O5. The molecule has 0 bridgehead atoms. The molecule has 1 aliphatic rings. The summed E-state index contributed by atoms with van der Waals surface area (Å²) in [6, 6.07) is 9.38. The smallest absolute Gasteiger partial charge is 0.252 e. The second-order valence-electron chi connectivity index (χ2n) is 7.85. The maximum absolute atomic E-state index is 13.3. The normalized spacial score (nSPS) is 16.9. The van der Waals surface area contributed by atoms with Crippen molar-refractivity contribution in [3.8, 4) is 17.2 Å². The van der Waals surface area contributed by atoms with Crippen LogP contribution in [0.5, 0.6) is 17.2 Å². The average molecular weight is 485 g/mol. The fraction of sp³-hybridized carbons (Fsp3) is 0.292. The monoisotopic (exact) mass is 484 g/mol. The second kappa shape index (κ2) is 9.26. The Morgan fingerprint density at radius 1 is 1.09 bits per heavy atom. The Bertz CT molecular complexity index is 1230. The summed E-state index contributed by atoms with van der Waals surface area (Å²) in [5.74, 6) is 0.340. The molecule has 0 spiro atoms. The number of nitrogens with zero attached hydrogens (tertiary/aromatic N) is 2. The Kier molecular flexibility index (Phi) is 6.39. The van der Waals surface area contributed by atoms with Crippen LogP contribution in [0.2, 0.25) is 5.02 Å². The number of benzene rings is 2. The summed E-state index contributed by atoms with van der Waals surface area (Å²) in [6.07, 6.45) is 0. The summed E-state index contributed by atoms with van der Waals surface area (Å²) < 4.78 is 17.7. The van der Waals surface area contributed by atoms with Gasteiger partial charge < -0.3 is 24.8 Å². The van der Waals surface area contributed by atoms with Gasteiger partial charge in [0.2, 0.25) is 11.7 Å². The van der Waals surface area contributed by atoms with Gasteiger partial charge in [0.05, 0.1) is 27.0 Å². The van der Waals surface area contributed by atoms with E-state index in [1.165, 1.54) is 33.5 Å². The summed E-state index contributed by atoms with van der Waals surface area (Å²) in [7, 11) is 6.19. The highest BCUT2D eigenvalue weighted by Gasteiger charge is 2.41. The number of rotatable bonds is 6. The number of halogens is 1. The Labute approximate surface area is 201 Å². The zero-order valence-electron chi connectivity index (χ0n) is 19.4. The van der Waals surface area contributed by atoms with Crippen LogP contribution in [0.4, 0.5) is 5.82 Å². The van der Waals surface area contributed by atoms with Gasteiger partial charge in [-0.15, -0.1) is 0 Å². The van der Waals surface area contributed by atoms with Gasteiger partial charge >= 0.3 is 0 Å². The van der Waals surface area contributed by atoms with E-state index in [0.717, 1.165) is 16.8 Å². The fourth-order valence-corrected chi connectivity index (χ4v) is 4.45. The topological polar surface area (TPSA) is 104 Å². The van der Waals surface area contributed by atoms with E-state index in [4.69, 9.17) is 25.8 Å². The van der Waals surface area contributed by atoms with Crippen molar-refractivity contribution < 1.29 is 23.8 Å². The largest absolute Gasteiger partial charge is 0.493 e. The van der Waals surface area contributed by atoms with Gasteiger partial charge in [-0.05, 0) is 36.8 Å². The average Bonchev–Trinajstić information content (AvgIpc) is 3.11. The van der Waals surface area contributed by atoms with E-state index >= 15 is 0 Å². The third-order valence-corrected chi connectivity index (χ3v) is 6.13. The van der Waals surface area contributed by atoms with Crippen molar-refractivity contribution in [1.82, 2.24) is 15.1 Å². The van der Waals surface area contributed by atoms with Gasteiger partial charge in [-0.3, -0.25) is 14.3 Å². The SMILES string of the molecule is COc1cc(C(=O)N[C@@H]2C(=O)Nc3c(c(C)nn3C)[C@H]2c2ccc(Cl)cc2)cc(OC)c1OC. The van der Waals surface area contributed by atoms with E-state index in [1.54, 1.807) is 23.9 Å². The summed E-state index contributed by atoms with van der Waals surface area (Å²) in [4.78, 5) is 26.6. The molecule has 0 fully saturated rings. The molecule has 178 valence electrons. The predicted molar refractivity (Wildman–Crippen MR) is 127 cm³/mol. The quantitative estimate of drug-likeness (QED) is 0.556. The second-order valence-corrected chi connectivity index (χ2v) is 8.29. The van der Waals surface area contributed by atoms with Gasteiger partial charge in [0.25, 0.3) is 5.91 Å². The summed E-state index contributed by atoms with van der Waals surface area (Å²) >= 11 is 6.10. The molecule has 0 saturated heterocycles. The highest BCUT2D eigenvalue weighted by Crippen LogP contribution is 2.41. The molecule has 10 heteroatoms. The highest BCUT2D eigenvalue weighted by molar-refractivity contribution is 6.30. The maximum atomic E-state index is 13.3. The van der Waals surface area contributed by atoms with Crippen LogP contribution in [-0.4, -0.2) is 49.0 Å². The van der Waals surface area contributed by atoms with E-state index in [9.17, 15) is 9.59 Å². The predicted octanol–water partition coefficient (Wildman–Crippen LogP) is 3.29. The molecule has 2 atom stereocenters. The lowest BCUT2D eigenvalue weighted by atomic mass is 9.82. The minimum absolute atomic E-state index is 0.255.